The Morgan fingerprint density at radius 1 is 1.20 bits per heavy atom. The molecular formula is C14H21Cl. The summed E-state index contributed by atoms with van der Waals surface area (Å²) in [6.45, 7) is 8.75. The van der Waals surface area contributed by atoms with Crippen molar-refractivity contribution < 1.29 is 0 Å². The molecule has 0 aliphatic heterocycles. The largest absolute Gasteiger partial charge is 0.122 e. The fourth-order valence-electron chi connectivity index (χ4n) is 1.61. The Morgan fingerprint density at radius 3 is 2.33 bits per heavy atom. The lowest BCUT2D eigenvalue weighted by Gasteiger charge is -2.25. The fraction of sp³-hybridized carbons (Fsp3) is 0.571. The summed E-state index contributed by atoms with van der Waals surface area (Å²) in [4.78, 5) is 0. The topological polar surface area (TPSA) is 0 Å². The summed E-state index contributed by atoms with van der Waals surface area (Å²) in [6, 6.07) is 8.54. The zero-order chi connectivity index (χ0) is 11.5. The van der Waals surface area contributed by atoms with Crippen LogP contribution in [0.15, 0.2) is 24.3 Å². The average Bonchev–Trinajstić information content (AvgIpc) is 2.14. The normalized spacial score (nSPS) is 13.9. The summed E-state index contributed by atoms with van der Waals surface area (Å²) in [5.74, 6) is 0. The number of aryl methyl sites for hydroxylation is 2. The van der Waals surface area contributed by atoms with Gasteiger partial charge in [0, 0.05) is 5.38 Å². The van der Waals surface area contributed by atoms with E-state index in [2.05, 4.69) is 52.0 Å². The van der Waals surface area contributed by atoms with Gasteiger partial charge >= 0.3 is 0 Å². The van der Waals surface area contributed by atoms with Crippen LogP contribution in [0, 0.1) is 12.3 Å². The van der Waals surface area contributed by atoms with Gasteiger partial charge in [-0.25, -0.2) is 0 Å². The van der Waals surface area contributed by atoms with Crippen LogP contribution in [0.25, 0.3) is 0 Å². The first-order valence-electron chi connectivity index (χ1n) is 5.60. The first kappa shape index (κ1) is 12.6. The maximum absolute atomic E-state index is 6.36. The first-order valence-corrected chi connectivity index (χ1v) is 6.03. The fourth-order valence-corrected chi connectivity index (χ4v) is 1.71. The van der Waals surface area contributed by atoms with Crippen molar-refractivity contribution in [1.82, 2.24) is 0 Å². The van der Waals surface area contributed by atoms with Gasteiger partial charge in [-0.3, -0.25) is 0 Å². The number of benzene rings is 1. The van der Waals surface area contributed by atoms with E-state index < -0.39 is 0 Å². The van der Waals surface area contributed by atoms with Gasteiger partial charge in [-0.2, -0.15) is 0 Å². The van der Waals surface area contributed by atoms with Crippen LogP contribution >= 0.6 is 11.6 Å². The zero-order valence-electron chi connectivity index (χ0n) is 10.2. The van der Waals surface area contributed by atoms with Gasteiger partial charge in [-0.05, 0) is 36.3 Å². The van der Waals surface area contributed by atoms with Gasteiger partial charge in [0.25, 0.3) is 0 Å². The van der Waals surface area contributed by atoms with E-state index in [0.29, 0.717) is 0 Å². The third-order valence-electron chi connectivity index (χ3n) is 2.87. The van der Waals surface area contributed by atoms with Gasteiger partial charge in [-0.1, -0.05) is 45.0 Å². The lowest BCUT2D eigenvalue weighted by Crippen LogP contribution is -2.21. The Kier molecular flexibility index (Phi) is 4.21. The van der Waals surface area contributed by atoms with Crippen LogP contribution < -0.4 is 0 Å². The second kappa shape index (κ2) is 5.03. The molecule has 0 N–H and O–H groups in total. The standard InChI is InChI=1S/C14H21Cl/c1-11-7-5-6-8-12(11)9-10-13(15)14(2,3)4/h5-8,13H,9-10H2,1-4H3. The molecule has 0 heterocycles. The monoisotopic (exact) mass is 224 g/mol. The molecule has 0 aliphatic rings. The van der Waals surface area contributed by atoms with Crippen LogP contribution in [0.4, 0.5) is 0 Å². The Labute approximate surface area is 98.7 Å². The summed E-state index contributed by atoms with van der Waals surface area (Å²) < 4.78 is 0. The molecular weight excluding hydrogens is 204 g/mol. The molecule has 0 amide bonds. The maximum atomic E-state index is 6.36. The van der Waals surface area contributed by atoms with Crippen LogP contribution in [-0.4, -0.2) is 5.38 Å². The van der Waals surface area contributed by atoms with Crippen LogP contribution in [0.2, 0.25) is 0 Å². The summed E-state index contributed by atoms with van der Waals surface area (Å²) >= 11 is 6.36. The van der Waals surface area contributed by atoms with Crippen molar-refractivity contribution in [1.29, 1.82) is 0 Å². The average molecular weight is 225 g/mol. The molecule has 1 rings (SSSR count). The predicted octanol–water partition coefficient (Wildman–Crippen LogP) is 4.58. The highest BCUT2D eigenvalue weighted by molar-refractivity contribution is 6.21. The van der Waals surface area contributed by atoms with E-state index in [1.54, 1.807) is 0 Å². The molecule has 0 saturated carbocycles. The molecule has 15 heavy (non-hydrogen) atoms. The molecule has 0 bridgehead atoms. The van der Waals surface area contributed by atoms with E-state index >= 15 is 0 Å². The number of hydrogen-bond donors (Lipinski definition) is 0. The van der Waals surface area contributed by atoms with Crippen molar-refractivity contribution in [2.45, 2.75) is 45.9 Å². The molecule has 1 unspecified atom stereocenters. The maximum Gasteiger partial charge on any atom is 0.0387 e. The van der Waals surface area contributed by atoms with Crippen molar-refractivity contribution in [3.05, 3.63) is 35.4 Å². The Hall–Kier alpha value is -0.490. The highest BCUT2D eigenvalue weighted by Crippen LogP contribution is 2.28. The molecule has 1 aromatic rings. The van der Waals surface area contributed by atoms with Crippen molar-refractivity contribution in [3.8, 4) is 0 Å². The smallest absolute Gasteiger partial charge is 0.0387 e. The van der Waals surface area contributed by atoms with Crippen molar-refractivity contribution in [2.75, 3.05) is 0 Å². The van der Waals surface area contributed by atoms with Crippen molar-refractivity contribution in [3.63, 3.8) is 0 Å². The highest BCUT2D eigenvalue weighted by atomic mass is 35.5. The van der Waals surface area contributed by atoms with Crippen LogP contribution in [0.3, 0.4) is 0 Å². The zero-order valence-corrected chi connectivity index (χ0v) is 10.9. The molecule has 0 fully saturated rings. The van der Waals surface area contributed by atoms with Gasteiger partial charge in [0.05, 0.1) is 0 Å². The lowest BCUT2D eigenvalue weighted by molar-refractivity contribution is 0.374. The van der Waals surface area contributed by atoms with E-state index in [4.69, 9.17) is 11.6 Å². The minimum atomic E-state index is 0.199. The molecule has 0 aromatic heterocycles. The Bertz CT molecular complexity index is 309. The molecule has 84 valence electrons. The minimum absolute atomic E-state index is 0.199. The van der Waals surface area contributed by atoms with Crippen molar-refractivity contribution >= 4 is 11.6 Å². The van der Waals surface area contributed by atoms with Gasteiger partial charge in [0.1, 0.15) is 0 Å². The van der Waals surface area contributed by atoms with Gasteiger partial charge < -0.3 is 0 Å². The predicted molar refractivity (Wildman–Crippen MR) is 68.6 cm³/mol. The molecule has 0 aliphatic carbocycles. The molecule has 1 aromatic carbocycles. The number of rotatable bonds is 3. The van der Waals surface area contributed by atoms with E-state index in [0.717, 1.165) is 12.8 Å². The highest BCUT2D eigenvalue weighted by Gasteiger charge is 2.21. The number of hydrogen-bond acceptors (Lipinski definition) is 0. The number of alkyl halides is 1. The van der Waals surface area contributed by atoms with E-state index in [9.17, 15) is 0 Å². The SMILES string of the molecule is Cc1ccccc1CCC(Cl)C(C)(C)C. The van der Waals surface area contributed by atoms with E-state index in [1.807, 2.05) is 0 Å². The molecule has 0 radical (unpaired) electrons. The van der Waals surface area contributed by atoms with Gasteiger partial charge in [0.15, 0.2) is 0 Å². The summed E-state index contributed by atoms with van der Waals surface area (Å²) in [6.07, 6.45) is 2.13. The van der Waals surface area contributed by atoms with E-state index in [1.165, 1.54) is 11.1 Å². The third-order valence-corrected chi connectivity index (χ3v) is 3.74. The second-order valence-corrected chi connectivity index (χ2v) is 5.83. The second-order valence-electron chi connectivity index (χ2n) is 5.30. The minimum Gasteiger partial charge on any atom is -0.122 e. The summed E-state index contributed by atoms with van der Waals surface area (Å²) in [7, 11) is 0. The van der Waals surface area contributed by atoms with Crippen molar-refractivity contribution in [2.24, 2.45) is 5.41 Å². The summed E-state index contributed by atoms with van der Waals surface area (Å²) in [5, 5.41) is 0.247. The quantitative estimate of drug-likeness (QED) is 0.660. The molecule has 1 heteroatoms. The van der Waals surface area contributed by atoms with Gasteiger partial charge in [0.2, 0.25) is 0 Å². The van der Waals surface area contributed by atoms with Gasteiger partial charge in [-0.15, -0.1) is 11.6 Å². The number of halogens is 1. The van der Waals surface area contributed by atoms with E-state index in [-0.39, 0.29) is 10.8 Å². The Morgan fingerprint density at radius 2 is 1.80 bits per heavy atom. The molecule has 1 atom stereocenters. The molecule has 0 saturated heterocycles. The molecule has 0 nitrogen and oxygen atoms in total. The van der Waals surface area contributed by atoms with Crippen LogP contribution in [0.1, 0.15) is 38.3 Å². The first-order chi connectivity index (χ1) is 6.91. The third kappa shape index (κ3) is 3.87. The lowest BCUT2D eigenvalue weighted by atomic mass is 9.88. The Balaban J connectivity index is 2.55. The molecule has 0 spiro atoms. The van der Waals surface area contributed by atoms with Crippen LogP contribution in [-0.2, 0) is 6.42 Å². The van der Waals surface area contributed by atoms with Crippen LogP contribution in [0.5, 0.6) is 0 Å². The summed E-state index contributed by atoms with van der Waals surface area (Å²) in [5.41, 5.74) is 2.99.